The highest BCUT2D eigenvalue weighted by Crippen LogP contribution is 2.03. The number of allylic oxidation sites excluding steroid dienone is 6. The van der Waals surface area contributed by atoms with Gasteiger partial charge >= 0.3 is 5.97 Å². The van der Waals surface area contributed by atoms with Gasteiger partial charge in [-0.05, 0) is 44.9 Å². The minimum absolute atomic E-state index is 0.180. The number of carboxylic acids is 1. The Morgan fingerprint density at radius 2 is 1.39 bits per heavy atom. The van der Waals surface area contributed by atoms with Gasteiger partial charge in [0.2, 0.25) is 0 Å². The fraction of sp³-hybridized carbons (Fsp3) is 0.650. The van der Waals surface area contributed by atoms with Crippen LogP contribution in [-0.2, 0) is 9.53 Å². The summed E-state index contributed by atoms with van der Waals surface area (Å²) >= 11 is 0. The van der Waals surface area contributed by atoms with Crippen molar-refractivity contribution >= 4 is 5.97 Å². The van der Waals surface area contributed by atoms with Crippen molar-refractivity contribution in [3.8, 4) is 0 Å². The molecule has 3 heteroatoms. The summed E-state index contributed by atoms with van der Waals surface area (Å²) in [6.07, 6.45) is 24.8. The molecule has 1 N–H and O–H groups in total. The Hall–Kier alpha value is -1.35. The van der Waals surface area contributed by atoms with Crippen LogP contribution in [0.25, 0.3) is 0 Å². The first-order chi connectivity index (χ1) is 11.3. The van der Waals surface area contributed by atoms with Gasteiger partial charge in [0.05, 0.1) is 0 Å². The summed E-state index contributed by atoms with van der Waals surface area (Å²) in [5.74, 6) is -0.895. The third-order valence-corrected chi connectivity index (χ3v) is 3.40. The lowest BCUT2D eigenvalue weighted by Crippen LogP contribution is -2.07. The van der Waals surface area contributed by atoms with Crippen molar-refractivity contribution in [1.82, 2.24) is 0 Å². The molecule has 0 unspecified atom stereocenters. The number of carbonyl (C=O) groups is 1. The molecule has 0 aliphatic rings. The Kier molecular flexibility index (Phi) is 17.6. The summed E-state index contributed by atoms with van der Waals surface area (Å²) in [7, 11) is 0. The molecule has 0 atom stereocenters. The fourth-order valence-corrected chi connectivity index (χ4v) is 2.09. The van der Waals surface area contributed by atoms with E-state index in [-0.39, 0.29) is 6.61 Å². The van der Waals surface area contributed by atoms with Crippen LogP contribution in [-0.4, -0.2) is 24.3 Å². The van der Waals surface area contributed by atoms with E-state index in [0.29, 0.717) is 6.61 Å². The van der Waals surface area contributed by atoms with Crippen molar-refractivity contribution in [2.45, 2.75) is 71.1 Å². The van der Waals surface area contributed by atoms with Crippen molar-refractivity contribution in [2.24, 2.45) is 0 Å². The Bertz CT molecular complexity index is 343. The second-order valence-corrected chi connectivity index (χ2v) is 5.68. The van der Waals surface area contributed by atoms with Crippen molar-refractivity contribution in [2.75, 3.05) is 13.2 Å². The van der Waals surface area contributed by atoms with E-state index in [1.165, 1.54) is 25.7 Å². The maximum Gasteiger partial charge on any atom is 0.329 e. The molecule has 0 aliphatic heterocycles. The third-order valence-electron chi connectivity index (χ3n) is 3.40. The summed E-state index contributed by atoms with van der Waals surface area (Å²) < 4.78 is 4.98. The van der Waals surface area contributed by atoms with E-state index >= 15 is 0 Å². The molecule has 0 aromatic rings. The summed E-state index contributed by atoms with van der Waals surface area (Å²) in [5, 5.41) is 8.41. The Morgan fingerprint density at radius 1 is 0.826 bits per heavy atom. The first kappa shape index (κ1) is 21.6. The number of unbranched alkanes of at least 4 members (excludes halogenated alkanes) is 6. The fourth-order valence-electron chi connectivity index (χ4n) is 2.09. The predicted molar refractivity (Wildman–Crippen MR) is 97.7 cm³/mol. The van der Waals surface area contributed by atoms with E-state index in [1.54, 1.807) is 0 Å². The van der Waals surface area contributed by atoms with Crippen molar-refractivity contribution < 1.29 is 14.6 Å². The predicted octanol–water partition coefficient (Wildman–Crippen LogP) is 5.68. The normalized spacial score (nSPS) is 12.0. The van der Waals surface area contributed by atoms with E-state index in [9.17, 15) is 4.79 Å². The van der Waals surface area contributed by atoms with E-state index < -0.39 is 5.97 Å². The molecule has 0 aromatic heterocycles. The molecule has 132 valence electrons. The van der Waals surface area contributed by atoms with Gasteiger partial charge in [0.15, 0.2) is 0 Å². The quantitative estimate of drug-likeness (QED) is 0.294. The number of carboxylic acid groups (broad SMARTS) is 1. The van der Waals surface area contributed by atoms with Crippen molar-refractivity contribution in [3.63, 3.8) is 0 Å². The number of rotatable bonds is 16. The van der Waals surface area contributed by atoms with Crippen LogP contribution in [0.1, 0.15) is 71.1 Å². The van der Waals surface area contributed by atoms with Crippen LogP contribution in [0.2, 0.25) is 0 Å². The highest BCUT2D eigenvalue weighted by Gasteiger charge is 1.95. The third kappa shape index (κ3) is 20.6. The molecule has 0 spiro atoms. The van der Waals surface area contributed by atoms with E-state index in [0.717, 1.165) is 38.5 Å². The zero-order valence-corrected chi connectivity index (χ0v) is 14.7. The minimum Gasteiger partial charge on any atom is -0.480 e. The lowest BCUT2D eigenvalue weighted by Gasteiger charge is -2.00. The number of hydrogen-bond donors (Lipinski definition) is 1. The van der Waals surface area contributed by atoms with Gasteiger partial charge in [0.25, 0.3) is 0 Å². The molecule has 0 saturated carbocycles. The summed E-state index contributed by atoms with van der Waals surface area (Å²) in [6, 6.07) is 0. The number of aliphatic carboxylic acids is 1. The Labute approximate surface area is 142 Å². The summed E-state index contributed by atoms with van der Waals surface area (Å²) in [6.45, 7) is 2.60. The smallest absolute Gasteiger partial charge is 0.329 e. The molecule has 0 rings (SSSR count). The molecular formula is C20H34O3. The van der Waals surface area contributed by atoms with E-state index in [4.69, 9.17) is 9.84 Å². The number of hydrogen-bond acceptors (Lipinski definition) is 2. The Balaban J connectivity index is 3.27. The highest BCUT2D eigenvalue weighted by molar-refractivity contribution is 5.67. The second kappa shape index (κ2) is 18.7. The van der Waals surface area contributed by atoms with Crippen molar-refractivity contribution in [3.05, 3.63) is 36.5 Å². The minimum atomic E-state index is -0.895. The second-order valence-electron chi connectivity index (χ2n) is 5.68. The largest absolute Gasteiger partial charge is 0.480 e. The molecule has 0 aromatic carbocycles. The van der Waals surface area contributed by atoms with E-state index in [2.05, 4.69) is 43.4 Å². The molecule has 0 aliphatic carbocycles. The number of ether oxygens (including phenoxy) is 1. The molecule has 3 nitrogen and oxygen atoms in total. The Morgan fingerprint density at radius 3 is 1.96 bits per heavy atom. The first-order valence-electron chi connectivity index (χ1n) is 9.02. The average Bonchev–Trinajstić information content (AvgIpc) is 2.53. The maximum atomic E-state index is 10.2. The van der Waals surface area contributed by atoms with Gasteiger partial charge < -0.3 is 9.84 Å². The lowest BCUT2D eigenvalue weighted by atomic mass is 10.2. The van der Waals surface area contributed by atoms with Crippen LogP contribution >= 0.6 is 0 Å². The molecule has 0 radical (unpaired) electrons. The van der Waals surface area contributed by atoms with E-state index in [1.807, 2.05) is 0 Å². The molecular weight excluding hydrogens is 288 g/mol. The zero-order valence-electron chi connectivity index (χ0n) is 14.7. The molecule has 0 amide bonds. The highest BCUT2D eigenvalue weighted by atomic mass is 16.5. The molecule has 23 heavy (non-hydrogen) atoms. The van der Waals surface area contributed by atoms with Gasteiger partial charge in [-0.25, -0.2) is 4.79 Å². The van der Waals surface area contributed by atoms with Crippen LogP contribution in [0.15, 0.2) is 36.5 Å². The monoisotopic (exact) mass is 322 g/mol. The standard InChI is InChI=1S/C20H34O3/c1-2-3-4-5-6-7-8-9-10-11-12-13-14-15-16-17-18-23-19-20(21)22/h6-7,9-10,12-13H,2-5,8,11,14-19H2,1H3,(H,21,22). The summed E-state index contributed by atoms with van der Waals surface area (Å²) in [4.78, 5) is 10.2. The average molecular weight is 322 g/mol. The van der Waals surface area contributed by atoms with Gasteiger partial charge in [-0.2, -0.15) is 0 Å². The SMILES string of the molecule is CCCCCC=CCC=CCC=CCCCCCOCC(=O)O. The van der Waals surface area contributed by atoms with Gasteiger partial charge in [-0.15, -0.1) is 0 Å². The topological polar surface area (TPSA) is 46.5 Å². The molecule has 0 bridgehead atoms. The van der Waals surface area contributed by atoms with Gasteiger partial charge in [-0.3, -0.25) is 0 Å². The lowest BCUT2D eigenvalue weighted by molar-refractivity contribution is -0.142. The van der Waals surface area contributed by atoms with Crippen LogP contribution in [0.3, 0.4) is 0 Å². The van der Waals surface area contributed by atoms with Gasteiger partial charge in [0, 0.05) is 6.61 Å². The van der Waals surface area contributed by atoms with Crippen LogP contribution in [0.5, 0.6) is 0 Å². The zero-order chi connectivity index (χ0) is 17.0. The van der Waals surface area contributed by atoms with Gasteiger partial charge in [-0.1, -0.05) is 62.6 Å². The summed E-state index contributed by atoms with van der Waals surface area (Å²) in [5.41, 5.74) is 0. The van der Waals surface area contributed by atoms with Crippen LogP contribution < -0.4 is 0 Å². The molecule has 0 saturated heterocycles. The molecule has 0 heterocycles. The first-order valence-corrected chi connectivity index (χ1v) is 9.02. The molecule has 0 fully saturated rings. The van der Waals surface area contributed by atoms with Gasteiger partial charge in [0.1, 0.15) is 6.61 Å². The van der Waals surface area contributed by atoms with Crippen LogP contribution in [0, 0.1) is 0 Å². The van der Waals surface area contributed by atoms with Crippen molar-refractivity contribution in [1.29, 1.82) is 0 Å². The van der Waals surface area contributed by atoms with Crippen LogP contribution in [0.4, 0.5) is 0 Å². The maximum absolute atomic E-state index is 10.2.